The van der Waals surface area contributed by atoms with E-state index in [0.717, 1.165) is 31.7 Å². The van der Waals surface area contributed by atoms with Crippen LogP contribution in [-0.4, -0.2) is 35.6 Å². The largest absolute Gasteiger partial charge is 0.396 e. The first-order valence-electron chi connectivity index (χ1n) is 6.04. The molecule has 0 amide bonds. The lowest BCUT2D eigenvalue weighted by Gasteiger charge is -2.32. The molecule has 0 aliphatic carbocycles. The summed E-state index contributed by atoms with van der Waals surface area (Å²) in [7, 11) is 0. The fraction of sp³-hybridized carbons (Fsp3) is 0.538. The van der Waals surface area contributed by atoms with Crippen LogP contribution in [0.4, 0.5) is 5.82 Å². The first-order valence-corrected chi connectivity index (χ1v) is 6.04. The van der Waals surface area contributed by atoms with Crippen molar-refractivity contribution >= 4 is 11.6 Å². The van der Waals surface area contributed by atoms with Gasteiger partial charge in [0.15, 0.2) is 5.78 Å². The van der Waals surface area contributed by atoms with Crippen molar-refractivity contribution in [3.05, 3.63) is 23.9 Å². The Kier molecular flexibility index (Phi) is 3.74. The summed E-state index contributed by atoms with van der Waals surface area (Å²) in [6, 6.07) is 3.61. The third-order valence-electron chi connectivity index (χ3n) is 3.34. The number of nitrogens with zero attached hydrogens (tertiary/aromatic N) is 2. The normalized spacial score (nSPS) is 17.2. The molecule has 1 saturated heterocycles. The van der Waals surface area contributed by atoms with Crippen LogP contribution >= 0.6 is 0 Å². The molecule has 2 heterocycles. The molecule has 1 aliphatic rings. The molecular formula is C13H18N2O2. The van der Waals surface area contributed by atoms with Crippen molar-refractivity contribution in [1.29, 1.82) is 0 Å². The van der Waals surface area contributed by atoms with Gasteiger partial charge in [0.2, 0.25) is 0 Å². The Balaban J connectivity index is 2.15. The van der Waals surface area contributed by atoms with E-state index < -0.39 is 0 Å². The maximum absolute atomic E-state index is 11.5. The number of aliphatic hydroxyl groups is 1. The molecule has 0 aromatic carbocycles. The number of carbonyl (C=O) groups excluding carboxylic acids is 1. The van der Waals surface area contributed by atoms with Gasteiger partial charge in [-0.1, -0.05) is 0 Å². The van der Waals surface area contributed by atoms with Crippen molar-refractivity contribution in [2.45, 2.75) is 19.8 Å². The Hall–Kier alpha value is -1.42. The van der Waals surface area contributed by atoms with Crippen LogP contribution in [0, 0.1) is 5.92 Å². The average molecular weight is 234 g/mol. The van der Waals surface area contributed by atoms with Gasteiger partial charge in [-0.25, -0.2) is 4.98 Å². The lowest BCUT2D eigenvalue weighted by Crippen LogP contribution is -2.36. The van der Waals surface area contributed by atoms with Crippen molar-refractivity contribution in [2.24, 2.45) is 5.92 Å². The van der Waals surface area contributed by atoms with E-state index >= 15 is 0 Å². The molecular weight excluding hydrogens is 216 g/mol. The SMILES string of the molecule is CC(=O)c1cccnc1N1CCC(CO)CC1. The minimum Gasteiger partial charge on any atom is -0.396 e. The Morgan fingerprint density at radius 1 is 1.53 bits per heavy atom. The van der Waals surface area contributed by atoms with Gasteiger partial charge in [0.05, 0.1) is 5.56 Å². The van der Waals surface area contributed by atoms with Crippen LogP contribution in [0.15, 0.2) is 18.3 Å². The number of rotatable bonds is 3. The fourth-order valence-corrected chi connectivity index (χ4v) is 2.25. The molecule has 92 valence electrons. The predicted molar refractivity (Wildman–Crippen MR) is 66.3 cm³/mol. The number of aromatic nitrogens is 1. The smallest absolute Gasteiger partial charge is 0.163 e. The lowest BCUT2D eigenvalue weighted by molar-refractivity contribution is 0.101. The van der Waals surface area contributed by atoms with Gasteiger partial charge in [-0.05, 0) is 37.8 Å². The molecule has 1 aromatic rings. The second-order valence-corrected chi connectivity index (χ2v) is 4.54. The number of hydrogen-bond donors (Lipinski definition) is 1. The molecule has 1 fully saturated rings. The first kappa shape index (κ1) is 12.0. The molecule has 2 rings (SSSR count). The van der Waals surface area contributed by atoms with Crippen LogP contribution in [0.5, 0.6) is 0 Å². The van der Waals surface area contributed by atoms with Gasteiger partial charge in [0, 0.05) is 25.9 Å². The molecule has 0 radical (unpaired) electrons. The van der Waals surface area contributed by atoms with E-state index in [4.69, 9.17) is 5.11 Å². The highest BCUT2D eigenvalue weighted by Crippen LogP contribution is 2.24. The zero-order valence-electron chi connectivity index (χ0n) is 10.1. The van der Waals surface area contributed by atoms with Gasteiger partial charge < -0.3 is 10.0 Å². The van der Waals surface area contributed by atoms with E-state index in [1.165, 1.54) is 0 Å². The standard InChI is InChI=1S/C13H18N2O2/c1-10(17)12-3-2-6-14-13(12)15-7-4-11(9-16)5-8-15/h2-3,6,11,16H,4-5,7-9H2,1H3. The van der Waals surface area contributed by atoms with Crippen LogP contribution in [0.1, 0.15) is 30.1 Å². The van der Waals surface area contributed by atoms with Crippen LogP contribution in [0.25, 0.3) is 0 Å². The van der Waals surface area contributed by atoms with Crippen molar-refractivity contribution in [3.63, 3.8) is 0 Å². The van der Waals surface area contributed by atoms with Gasteiger partial charge >= 0.3 is 0 Å². The minimum absolute atomic E-state index is 0.0531. The second-order valence-electron chi connectivity index (χ2n) is 4.54. The molecule has 0 saturated carbocycles. The first-order chi connectivity index (χ1) is 8.22. The molecule has 4 nitrogen and oxygen atoms in total. The molecule has 17 heavy (non-hydrogen) atoms. The monoisotopic (exact) mass is 234 g/mol. The van der Waals surface area contributed by atoms with Gasteiger partial charge in [-0.2, -0.15) is 0 Å². The lowest BCUT2D eigenvalue weighted by atomic mass is 9.97. The van der Waals surface area contributed by atoms with E-state index in [2.05, 4.69) is 9.88 Å². The fourth-order valence-electron chi connectivity index (χ4n) is 2.25. The van der Waals surface area contributed by atoms with Crippen LogP contribution in [0.2, 0.25) is 0 Å². The topological polar surface area (TPSA) is 53.4 Å². The van der Waals surface area contributed by atoms with E-state index in [0.29, 0.717) is 11.5 Å². The predicted octanol–water partition coefficient (Wildman–Crippen LogP) is 1.49. The number of piperidine rings is 1. The Bertz CT molecular complexity index is 398. The molecule has 4 heteroatoms. The van der Waals surface area contributed by atoms with Crippen molar-refractivity contribution in [3.8, 4) is 0 Å². The molecule has 0 atom stereocenters. The Labute approximate surface area is 101 Å². The number of Topliss-reactive ketones (excluding diaryl/α,β-unsaturated/α-hetero) is 1. The minimum atomic E-state index is 0.0531. The molecule has 0 bridgehead atoms. The number of ketones is 1. The number of carbonyl (C=O) groups is 1. The molecule has 1 N–H and O–H groups in total. The van der Waals surface area contributed by atoms with E-state index in [1.54, 1.807) is 19.2 Å². The summed E-state index contributed by atoms with van der Waals surface area (Å²) in [4.78, 5) is 18.0. The summed E-state index contributed by atoms with van der Waals surface area (Å²) >= 11 is 0. The summed E-state index contributed by atoms with van der Waals surface area (Å²) in [5.74, 6) is 1.24. The van der Waals surface area contributed by atoms with E-state index in [1.807, 2.05) is 6.07 Å². The third-order valence-corrected chi connectivity index (χ3v) is 3.34. The van der Waals surface area contributed by atoms with Crippen LogP contribution < -0.4 is 4.90 Å². The number of aliphatic hydroxyl groups excluding tert-OH is 1. The summed E-state index contributed by atoms with van der Waals surface area (Å²) in [6.45, 7) is 3.56. The Morgan fingerprint density at radius 3 is 2.82 bits per heavy atom. The van der Waals surface area contributed by atoms with E-state index in [9.17, 15) is 4.79 Å². The van der Waals surface area contributed by atoms with E-state index in [-0.39, 0.29) is 12.4 Å². The Morgan fingerprint density at radius 2 is 2.24 bits per heavy atom. The molecule has 1 aromatic heterocycles. The third kappa shape index (κ3) is 2.64. The summed E-state index contributed by atoms with van der Waals surface area (Å²) < 4.78 is 0. The maximum Gasteiger partial charge on any atom is 0.163 e. The van der Waals surface area contributed by atoms with Gasteiger partial charge in [0.1, 0.15) is 5.82 Å². The number of hydrogen-bond acceptors (Lipinski definition) is 4. The zero-order chi connectivity index (χ0) is 12.3. The molecule has 1 aliphatic heterocycles. The molecule has 0 unspecified atom stereocenters. The number of pyridine rings is 1. The van der Waals surface area contributed by atoms with Gasteiger partial charge in [0.25, 0.3) is 0 Å². The maximum atomic E-state index is 11.5. The van der Waals surface area contributed by atoms with Crippen molar-refractivity contribution < 1.29 is 9.90 Å². The average Bonchev–Trinajstić information content (AvgIpc) is 2.39. The second kappa shape index (κ2) is 5.27. The summed E-state index contributed by atoms with van der Waals surface area (Å²) in [6.07, 6.45) is 3.65. The highest BCUT2D eigenvalue weighted by Gasteiger charge is 2.22. The van der Waals surface area contributed by atoms with Gasteiger partial charge in [-0.15, -0.1) is 0 Å². The quantitative estimate of drug-likeness (QED) is 0.805. The summed E-state index contributed by atoms with van der Waals surface area (Å²) in [5, 5.41) is 9.10. The highest BCUT2D eigenvalue weighted by molar-refractivity contribution is 5.98. The van der Waals surface area contributed by atoms with Crippen molar-refractivity contribution in [2.75, 3.05) is 24.6 Å². The van der Waals surface area contributed by atoms with Crippen molar-refractivity contribution in [1.82, 2.24) is 4.98 Å². The van der Waals surface area contributed by atoms with Crippen LogP contribution in [-0.2, 0) is 0 Å². The van der Waals surface area contributed by atoms with Crippen LogP contribution in [0.3, 0.4) is 0 Å². The molecule has 0 spiro atoms. The highest BCUT2D eigenvalue weighted by atomic mass is 16.3. The number of anilines is 1. The summed E-state index contributed by atoms with van der Waals surface area (Å²) in [5.41, 5.74) is 0.690. The zero-order valence-corrected chi connectivity index (χ0v) is 10.1. The van der Waals surface area contributed by atoms with Gasteiger partial charge in [-0.3, -0.25) is 4.79 Å².